The van der Waals surface area contributed by atoms with Gasteiger partial charge >= 0.3 is 6.09 Å². The topological polar surface area (TPSA) is 77.9 Å². The molecule has 0 aromatic carbocycles. The maximum absolute atomic E-state index is 12.9. The number of hydrogen-bond donors (Lipinski definition) is 2. The summed E-state index contributed by atoms with van der Waals surface area (Å²) < 4.78 is 5.62. The van der Waals surface area contributed by atoms with Crippen LogP contribution >= 0.6 is 0 Å². The molecule has 2 saturated heterocycles. The zero-order valence-corrected chi connectivity index (χ0v) is 15.8. The largest absolute Gasteiger partial charge is 0.415 e. The van der Waals surface area contributed by atoms with Crippen molar-refractivity contribution in [1.82, 2.24) is 20.1 Å². The van der Waals surface area contributed by atoms with E-state index in [1.807, 2.05) is 4.90 Å². The van der Waals surface area contributed by atoms with Crippen molar-refractivity contribution >= 4 is 6.09 Å². The molecule has 7 heteroatoms. The van der Waals surface area contributed by atoms with Gasteiger partial charge in [-0.25, -0.2) is 4.79 Å². The van der Waals surface area contributed by atoms with Gasteiger partial charge in [0.1, 0.15) is 0 Å². The number of aliphatic hydroxyl groups is 1. The average Bonchev–Trinajstić information content (AvgIpc) is 2.68. The number of piperazine rings is 1. The number of pyridine rings is 1. The van der Waals surface area contributed by atoms with Gasteiger partial charge in [-0.1, -0.05) is 6.42 Å². The number of amides is 1. The number of rotatable bonds is 4. The van der Waals surface area contributed by atoms with E-state index < -0.39 is 0 Å². The van der Waals surface area contributed by atoms with Crippen molar-refractivity contribution in [3.8, 4) is 5.75 Å². The number of carbonyl (C=O) groups excluding carboxylic acids is 1. The number of ether oxygens (including phenoxy) is 1. The first-order valence-electron chi connectivity index (χ1n) is 10.2. The summed E-state index contributed by atoms with van der Waals surface area (Å²) in [6.07, 6.45) is 7.39. The van der Waals surface area contributed by atoms with Crippen LogP contribution in [0.25, 0.3) is 0 Å². The van der Waals surface area contributed by atoms with Crippen LogP contribution in [0.2, 0.25) is 0 Å². The fourth-order valence-corrected chi connectivity index (χ4v) is 4.50. The molecule has 0 radical (unpaired) electrons. The first-order valence-corrected chi connectivity index (χ1v) is 10.2. The highest BCUT2D eigenvalue weighted by Crippen LogP contribution is 2.31. The van der Waals surface area contributed by atoms with Crippen molar-refractivity contribution in [3.63, 3.8) is 0 Å². The quantitative estimate of drug-likeness (QED) is 0.834. The highest BCUT2D eigenvalue weighted by atomic mass is 16.6. The van der Waals surface area contributed by atoms with Gasteiger partial charge in [0.2, 0.25) is 0 Å². The summed E-state index contributed by atoms with van der Waals surface area (Å²) in [6, 6.07) is 4.31. The number of nitrogens with one attached hydrogen (secondary N) is 1. The molecule has 0 spiro atoms. The van der Waals surface area contributed by atoms with Gasteiger partial charge in [0.25, 0.3) is 0 Å². The van der Waals surface area contributed by atoms with Crippen molar-refractivity contribution in [2.45, 2.75) is 50.8 Å². The lowest BCUT2D eigenvalue weighted by Gasteiger charge is -2.49. The van der Waals surface area contributed by atoms with Gasteiger partial charge in [0.15, 0.2) is 5.75 Å². The van der Waals surface area contributed by atoms with Gasteiger partial charge in [-0.05, 0) is 56.8 Å². The molecule has 3 fully saturated rings. The van der Waals surface area contributed by atoms with E-state index in [1.165, 1.54) is 25.5 Å². The molecule has 1 unspecified atom stereocenters. The molecular formula is C20H30N4O3. The second-order valence-corrected chi connectivity index (χ2v) is 7.94. The maximum atomic E-state index is 12.9. The second kappa shape index (κ2) is 8.54. The predicted molar refractivity (Wildman–Crippen MR) is 101 cm³/mol. The number of nitrogens with zero attached hydrogens (tertiary/aromatic N) is 3. The second-order valence-electron chi connectivity index (χ2n) is 7.94. The standard InChI is InChI=1S/C20H30N4O3/c25-14-16-4-5-18(12-22-16)27-20(26)24-11-10-23(17-2-1-3-17)13-19(24)15-6-8-21-9-7-15/h4-5,12,15,17,19,21,25H,1-3,6-11,13-14H2. The summed E-state index contributed by atoms with van der Waals surface area (Å²) in [5, 5.41) is 12.5. The minimum atomic E-state index is -0.273. The van der Waals surface area contributed by atoms with E-state index in [1.54, 1.807) is 12.1 Å². The Morgan fingerprint density at radius 3 is 2.67 bits per heavy atom. The first kappa shape index (κ1) is 18.7. The molecule has 2 aliphatic heterocycles. The molecule has 1 amide bonds. The van der Waals surface area contributed by atoms with Gasteiger partial charge in [0, 0.05) is 25.7 Å². The third kappa shape index (κ3) is 4.25. The van der Waals surface area contributed by atoms with Crippen LogP contribution in [0.5, 0.6) is 5.75 Å². The Bertz CT molecular complexity index is 629. The Morgan fingerprint density at radius 1 is 1.22 bits per heavy atom. The number of aromatic nitrogens is 1. The zero-order valence-electron chi connectivity index (χ0n) is 15.8. The van der Waals surface area contributed by atoms with Crippen LogP contribution in [0.3, 0.4) is 0 Å². The van der Waals surface area contributed by atoms with Gasteiger partial charge in [0.05, 0.1) is 24.5 Å². The maximum Gasteiger partial charge on any atom is 0.415 e. The van der Waals surface area contributed by atoms with E-state index >= 15 is 0 Å². The first-order chi connectivity index (χ1) is 13.2. The molecule has 148 valence electrons. The van der Waals surface area contributed by atoms with Crippen LogP contribution in [0.15, 0.2) is 18.3 Å². The third-order valence-electron chi connectivity index (χ3n) is 6.37. The number of piperidine rings is 1. The highest BCUT2D eigenvalue weighted by Gasteiger charge is 2.39. The fourth-order valence-electron chi connectivity index (χ4n) is 4.50. The van der Waals surface area contributed by atoms with Crippen LogP contribution in [-0.4, -0.2) is 70.8 Å². The molecular weight excluding hydrogens is 344 g/mol. The molecule has 2 N–H and O–H groups in total. The lowest BCUT2D eigenvalue weighted by Crippen LogP contribution is -2.62. The number of hydrogen-bond acceptors (Lipinski definition) is 6. The summed E-state index contributed by atoms with van der Waals surface area (Å²) in [5.41, 5.74) is 0.566. The van der Waals surface area contributed by atoms with Crippen molar-refractivity contribution < 1.29 is 14.6 Å². The summed E-state index contributed by atoms with van der Waals surface area (Å²) in [6.45, 7) is 4.57. The minimum absolute atomic E-state index is 0.116. The third-order valence-corrected chi connectivity index (χ3v) is 6.37. The molecule has 3 heterocycles. The Hall–Kier alpha value is -1.70. The van der Waals surface area contributed by atoms with Crippen molar-refractivity contribution in [1.29, 1.82) is 0 Å². The average molecular weight is 374 g/mol. The lowest BCUT2D eigenvalue weighted by molar-refractivity contribution is 0.00475. The number of carbonyl (C=O) groups is 1. The molecule has 1 aliphatic carbocycles. The summed E-state index contributed by atoms with van der Waals surface area (Å²) in [7, 11) is 0. The Labute approximate surface area is 160 Å². The van der Waals surface area contributed by atoms with Crippen LogP contribution in [-0.2, 0) is 6.61 Å². The van der Waals surface area contributed by atoms with Gasteiger partial charge in [-0.2, -0.15) is 0 Å². The predicted octanol–water partition coefficient (Wildman–Crippen LogP) is 1.61. The minimum Gasteiger partial charge on any atom is -0.409 e. The van der Waals surface area contributed by atoms with E-state index in [9.17, 15) is 4.79 Å². The summed E-state index contributed by atoms with van der Waals surface area (Å²) >= 11 is 0. The highest BCUT2D eigenvalue weighted by molar-refractivity contribution is 5.71. The number of aliphatic hydroxyl groups excluding tert-OH is 1. The Morgan fingerprint density at radius 2 is 2.04 bits per heavy atom. The normalized spacial score (nSPS) is 25.2. The van der Waals surface area contributed by atoms with Gasteiger partial charge in [-0.3, -0.25) is 9.88 Å². The monoisotopic (exact) mass is 374 g/mol. The molecule has 4 rings (SSSR count). The van der Waals surface area contributed by atoms with Gasteiger partial charge in [-0.15, -0.1) is 0 Å². The Balaban J connectivity index is 1.44. The smallest absolute Gasteiger partial charge is 0.409 e. The zero-order chi connectivity index (χ0) is 18.6. The van der Waals surface area contributed by atoms with Crippen molar-refractivity contribution in [2.24, 2.45) is 5.92 Å². The summed E-state index contributed by atoms with van der Waals surface area (Å²) in [4.78, 5) is 21.6. The van der Waals surface area contributed by atoms with Crippen LogP contribution in [0.4, 0.5) is 4.79 Å². The van der Waals surface area contributed by atoms with E-state index in [4.69, 9.17) is 9.84 Å². The molecule has 1 atom stereocenters. The van der Waals surface area contributed by atoms with E-state index in [0.29, 0.717) is 23.4 Å². The SMILES string of the molecule is O=C(Oc1ccc(CO)nc1)N1CCN(C2CCC2)CC1C1CCNCC1. The molecule has 1 aromatic rings. The van der Waals surface area contributed by atoms with Crippen LogP contribution < -0.4 is 10.1 Å². The summed E-state index contributed by atoms with van der Waals surface area (Å²) in [5.74, 6) is 0.958. The molecule has 3 aliphatic rings. The molecule has 27 heavy (non-hydrogen) atoms. The van der Waals surface area contributed by atoms with E-state index in [2.05, 4.69) is 15.2 Å². The van der Waals surface area contributed by atoms with Crippen LogP contribution in [0.1, 0.15) is 37.8 Å². The lowest BCUT2D eigenvalue weighted by atomic mass is 9.85. The van der Waals surface area contributed by atoms with E-state index in [0.717, 1.165) is 45.6 Å². The molecule has 1 aromatic heterocycles. The van der Waals surface area contributed by atoms with Crippen LogP contribution in [0, 0.1) is 5.92 Å². The molecule has 7 nitrogen and oxygen atoms in total. The van der Waals surface area contributed by atoms with Crippen molar-refractivity contribution in [2.75, 3.05) is 32.7 Å². The van der Waals surface area contributed by atoms with Gasteiger partial charge < -0.3 is 20.1 Å². The van der Waals surface area contributed by atoms with E-state index in [-0.39, 0.29) is 18.7 Å². The van der Waals surface area contributed by atoms with Crippen molar-refractivity contribution in [3.05, 3.63) is 24.0 Å². The molecule has 1 saturated carbocycles. The fraction of sp³-hybridized carbons (Fsp3) is 0.700. The molecule has 0 bridgehead atoms. The Kier molecular flexibility index (Phi) is 5.90.